The molecule has 1 aromatic rings. The molecule has 2 unspecified atom stereocenters. The number of halogens is 1. The summed E-state index contributed by atoms with van der Waals surface area (Å²) < 4.78 is 0. The maximum absolute atomic E-state index is 11.8. The van der Waals surface area contributed by atoms with Crippen LogP contribution in [0.5, 0.6) is 0 Å². The lowest BCUT2D eigenvalue weighted by Gasteiger charge is -2.11. The number of carbonyl (C=O) groups excluding carboxylic acids is 1. The zero-order valence-corrected chi connectivity index (χ0v) is 10.3. The first kappa shape index (κ1) is 12.1. The number of aliphatic carboxylic acids is 1. The molecule has 1 heterocycles. The van der Waals surface area contributed by atoms with Crippen LogP contribution in [0.3, 0.4) is 0 Å². The average Bonchev–Trinajstić information content (AvgIpc) is 2.86. The fourth-order valence-electron chi connectivity index (χ4n) is 1.68. The molecule has 90 valence electrons. The molecular formula is C11H10ClNO3S. The number of carboxylic acids is 1. The Morgan fingerprint density at radius 1 is 1.47 bits per heavy atom. The average molecular weight is 272 g/mol. The Morgan fingerprint density at radius 3 is 2.76 bits per heavy atom. The van der Waals surface area contributed by atoms with E-state index in [0.29, 0.717) is 16.3 Å². The summed E-state index contributed by atoms with van der Waals surface area (Å²) in [7, 11) is 0. The lowest BCUT2D eigenvalue weighted by molar-refractivity contribution is -0.140. The van der Waals surface area contributed by atoms with Gasteiger partial charge in [-0.25, -0.2) is 0 Å². The molecule has 1 aliphatic carbocycles. The topological polar surface area (TPSA) is 66.4 Å². The molecule has 6 heteroatoms. The van der Waals surface area contributed by atoms with Gasteiger partial charge < -0.3 is 10.4 Å². The van der Waals surface area contributed by atoms with Crippen LogP contribution in [0, 0.1) is 5.92 Å². The van der Waals surface area contributed by atoms with E-state index in [1.54, 1.807) is 23.6 Å². The van der Waals surface area contributed by atoms with Crippen molar-refractivity contribution in [1.29, 1.82) is 0 Å². The normalized spacial score (nSPS) is 22.6. The molecule has 0 saturated heterocycles. The molecule has 0 saturated carbocycles. The van der Waals surface area contributed by atoms with Crippen molar-refractivity contribution < 1.29 is 14.7 Å². The molecule has 1 aliphatic rings. The third kappa shape index (κ3) is 2.68. The second kappa shape index (κ2) is 4.89. The predicted molar refractivity (Wildman–Crippen MR) is 65.5 cm³/mol. The zero-order chi connectivity index (χ0) is 12.4. The molecule has 0 aliphatic heterocycles. The van der Waals surface area contributed by atoms with Crippen LogP contribution in [0.15, 0.2) is 23.6 Å². The molecule has 0 spiro atoms. The molecule has 17 heavy (non-hydrogen) atoms. The minimum atomic E-state index is -0.868. The quantitative estimate of drug-likeness (QED) is 0.828. The zero-order valence-electron chi connectivity index (χ0n) is 8.72. The van der Waals surface area contributed by atoms with Crippen molar-refractivity contribution in [1.82, 2.24) is 5.32 Å². The molecular weight excluding hydrogens is 262 g/mol. The summed E-state index contributed by atoms with van der Waals surface area (Å²) in [6.45, 7) is 0. The van der Waals surface area contributed by atoms with Gasteiger partial charge in [0.2, 0.25) is 0 Å². The predicted octanol–water partition coefficient (Wildman–Crippen LogP) is 2.16. The number of rotatable bonds is 3. The van der Waals surface area contributed by atoms with Crippen LogP contribution in [0.2, 0.25) is 5.02 Å². The molecule has 4 nitrogen and oxygen atoms in total. The lowest BCUT2D eigenvalue weighted by Crippen LogP contribution is -2.32. The summed E-state index contributed by atoms with van der Waals surface area (Å²) in [4.78, 5) is 23.0. The molecule has 2 atom stereocenters. The molecule has 0 fully saturated rings. The van der Waals surface area contributed by atoms with E-state index in [-0.39, 0.29) is 11.9 Å². The van der Waals surface area contributed by atoms with E-state index in [4.69, 9.17) is 16.7 Å². The summed E-state index contributed by atoms with van der Waals surface area (Å²) in [5.41, 5.74) is 0. The number of thiophene rings is 1. The first-order valence-corrected chi connectivity index (χ1v) is 6.28. The van der Waals surface area contributed by atoms with Crippen molar-refractivity contribution in [2.75, 3.05) is 0 Å². The van der Waals surface area contributed by atoms with Gasteiger partial charge in [0.25, 0.3) is 5.91 Å². The fourth-order valence-corrected chi connectivity index (χ4v) is 2.72. The largest absolute Gasteiger partial charge is 0.481 e. The number of carboxylic acid groups (broad SMARTS) is 1. The van der Waals surface area contributed by atoms with Crippen molar-refractivity contribution in [2.24, 2.45) is 5.92 Å². The van der Waals surface area contributed by atoms with Gasteiger partial charge in [0.05, 0.1) is 10.9 Å². The molecule has 0 bridgehead atoms. The summed E-state index contributed by atoms with van der Waals surface area (Å²) in [6, 6.07) is 1.42. The van der Waals surface area contributed by atoms with Crippen molar-refractivity contribution in [2.45, 2.75) is 12.5 Å². The number of amides is 1. The van der Waals surface area contributed by atoms with Crippen LogP contribution in [0.1, 0.15) is 16.1 Å². The number of carbonyl (C=O) groups is 2. The van der Waals surface area contributed by atoms with E-state index in [2.05, 4.69) is 5.32 Å². The van der Waals surface area contributed by atoms with Gasteiger partial charge in [0, 0.05) is 6.04 Å². The first-order valence-electron chi connectivity index (χ1n) is 5.03. The fraction of sp³-hybridized carbons (Fsp3) is 0.273. The first-order chi connectivity index (χ1) is 8.08. The molecule has 1 amide bonds. The Kier molecular flexibility index (Phi) is 3.49. The van der Waals surface area contributed by atoms with Crippen molar-refractivity contribution in [3.63, 3.8) is 0 Å². The Hall–Kier alpha value is -1.33. The summed E-state index contributed by atoms with van der Waals surface area (Å²) >= 11 is 7.10. The Balaban J connectivity index is 1.96. The monoisotopic (exact) mass is 271 g/mol. The van der Waals surface area contributed by atoms with Crippen LogP contribution in [-0.2, 0) is 4.79 Å². The minimum absolute atomic E-state index is 0.234. The van der Waals surface area contributed by atoms with Gasteiger partial charge in [0.1, 0.15) is 4.88 Å². The van der Waals surface area contributed by atoms with E-state index in [0.717, 1.165) is 0 Å². The SMILES string of the molecule is O=C(NC1C=CC(C(=O)O)C1)c1sccc1Cl. The number of hydrogen-bond donors (Lipinski definition) is 2. The Labute approximate surface area is 107 Å². The highest BCUT2D eigenvalue weighted by molar-refractivity contribution is 7.12. The summed E-state index contributed by atoms with van der Waals surface area (Å²) in [5.74, 6) is -1.64. The molecule has 2 N–H and O–H groups in total. The summed E-state index contributed by atoms with van der Waals surface area (Å²) in [6.07, 6.45) is 3.70. The van der Waals surface area contributed by atoms with Gasteiger partial charge in [-0.05, 0) is 17.9 Å². The molecule has 2 rings (SSSR count). The third-order valence-electron chi connectivity index (χ3n) is 2.54. The van der Waals surface area contributed by atoms with Crippen LogP contribution >= 0.6 is 22.9 Å². The van der Waals surface area contributed by atoms with Crippen LogP contribution in [0.25, 0.3) is 0 Å². The van der Waals surface area contributed by atoms with Gasteiger partial charge in [-0.2, -0.15) is 0 Å². The highest BCUT2D eigenvalue weighted by Crippen LogP contribution is 2.23. The van der Waals surface area contributed by atoms with E-state index < -0.39 is 11.9 Å². The van der Waals surface area contributed by atoms with E-state index in [1.807, 2.05) is 0 Å². The highest BCUT2D eigenvalue weighted by atomic mass is 35.5. The van der Waals surface area contributed by atoms with Crippen molar-refractivity contribution in [3.05, 3.63) is 33.5 Å². The van der Waals surface area contributed by atoms with Crippen LogP contribution in [0.4, 0.5) is 0 Å². The lowest BCUT2D eigenvalue weighted by atomic mass is 10.1. The van der Waals surface area contributed by atoms with Crippen LogP contribution < -0.4 is 5.32 Å². The Bertz CT molecular complexity index is 483. The molecule has 0 radical (unpaired) electrons. The van der Waals surface area contributed by atoms with E-state index in [1.165, 1.54) is 11.3 Å². The maximum Gasteiger partial charge on any atom is 0.310 e. The highest BCUT2D eigenvalue weighted by Gasteiger charge is 2.26. The van der Waals surface area contributed by atoms with Crippen molar-refractivity contribution >= 4 is 34.8 Å². The minimum Gasteiger partial charge on any atom is -0.481 e. The van der Waals surface area contributed by atoms with Gasteiger partial charge >= 0.3 is 5.97 Å². The molecule has 1 aromatic heterocycles. The maximum atomic E-state index is 11.8. The Morgan fingerprint density at radius 2 is 2.24 bits per heavy atom. The van der Waals surface area contributed by atoms with Gasteiger partial charge in [-0.15, -0.1) is 11.3 Å². The van der Waals surface area contributed by atoms with Gasteiger partial charge in [-0.1, -0.05) is 23.8 Å². The third-order valence-corrected chi connectivity index (χ3v) is 3.88. The number of nitrogens with one attached hydrogen (secondary N) is 1. The summed E-state index contributed by atoms with van der Waals surface area (Å²) in [5, 5.41) is 13.7. The second-order valence-electron chi connectivity index (χ2n) is 3.74. The van der Waals surface area contributed by atoms with Gasteiger partial charge in [-0.3, -0.25) is 9.59 Å². The molecule has 0 aromatic carbocycles. The van der Waals surface area contributed by atoms with E-state index in [9.17, 15) is 9.59 Å². The van der Waals surface area contributed by atoms with Crippen molar-refractivity contribution in [3.8, 4) is 0 Å². The van der Waals surface area contributed by atoms with Gasteiger partial charge in [0.15, 0.2) is 0 Å². The van der Waals surface area contributed by atoms with E-state index >= 15 is 0 Å². The standard InChI is InChI=1S/C11H10ClNO3S/c12-8-3-4-17-9(8)10(14)13-7-2-1-6(5-7)11(15)16/h1-4,6-7H,5H2,(H,13,14)(H,15,16). The smallest absolute Gasteiger partial charge is 0.310 e. The second-order valence-corrected chi connectivity index (χ2v) is 5.07. The van der Waals surface area contributed by atoms with Crippen LogP contribution in [-0.4, -0.2) is 23.0 Å². The number of hydrogen-bond acceptors (Lipinski definition) is 3.